The first-order valence-corrected chi connectivity index (χ1v) is 5.16. The van der Waals surface area contributed by atoms with Gasteiger partial charge in [0.05, 0.1) is 12.4 Å². The van der Waals surface area contributed by atoms with Gasteiger partial charge in [0.2, 0.25) is 6.41 Å². The molecule has 0 saturated heterocycles. The van der Waals surface area contributed by atoms with Crippen LogP contribution < -0.4 is 11.1 Å². The predicted molar refractivity (Wildman–Crippen MR) is 59.4 cm³/mol. The molecule has 0 radical (unpaired) electrons. The molecule has 0 aromatic heterocycles. The van der Waals surface area contributed by atoms with Gasteiger partial charge in [0.15, 0.2) is 0 Å². The molecule has 0 aromatic rings. The molecule has 5 nitrogen and oxygen atoms in total. The van der Waals surface area contributed by atoms with E-state index in [1.54, 1.807) is 0 Å². The van der Waals surface area contributed by atoms with Gasteiger partial charge in [0.1, 0.15) is 6.17 Å². The number of nitrogens with zero attached hydrogens (tertiary/aromatic N) is 2. The van der Waals surface area contributed by atoms with Gasteiger partial charge in [-0.1, -0.05) is 13.8 Å². The summed E-state index contributed by atoms with van der Waals surface area (Å²) in [6, 6.07) is 0. The summed E-state index contributed by atoms with van der Waals surface area (Å²) in [5.74, 6) is 0.556. The molecule has 3 N–H and O–H groups in total. The maximum absolute atomic E-state index is 10.4. The van der Waals surface area contributed by atoms with Gasteiger partial charge in [-0.15, -0.1) is 0 Å². The first-order valence-electron chi connectivity index (χ1n) is 5.16. The van der Waals surface area contributed by atoms with E-state index in [1.807, 2.05) is 18.1 Å². The van der Waals surface area contributed by atoms with Crippen LogP contribution in [0.3, 0.4) is 0 Å². The molecule has 1 rings (SSSR count). The molecule has 0 bridgehead atoms. The maximum Gasteiger partial charge on any atom is 0.211 e. The second kappa shape index (κ2) is 5.14. The Hall–Kier alpha value is -1.07. The van der Waals surface area contributed by atoms with Crippen LogP contribution in [0.2, 0.25) is 0 Å². The molecule has 1 amide bonds. The van der Waals surface area contributed by atoms with Crippen LogP contribution in [-0.4, -0.2) is 42.6 Å². The van der Waals surface area contributed by atoms with Gasteiger partial charge in [-0.25, -0.2) is 0 Å². The van der Waals surface area contributed by atoms with E-state index >= 15 is 0 Å². The maximum atomic E-state index is 10.4. The summed E-state index contributed by atoms with van der Waals surface area (Å²) in [6.45, 7) is 6.02. The highest BCUT2D eigenvalue weighted by Crippen LogP contribution is 2.13. The lowest BCUT2D eigenvalue weighted by atomic mass is 10.2. The lowest BCUT2D eigenvalue weighted by molar-refractivity contribution is -0.109. The summed E-state index contributed by atoms with van der Waals surface area (Å²) >= 11 is 0. The van der Waals surface area contributed by atoms with Crippen LogP contribution in [0.5, 0.6) is 0 Å². The van der Waals surface area contributed by atoms with Crippen molar-refractivity contribution in [3.05, 3.63) is 11.9 Å². The predicted octanol–water partition coefficient (Wildman–Crippen LogP) is -0.280. The fraction of sp³-hybridized carbons (Fsp3) is 0.700. The van der Waals surface area contributed by atoms with Gasteiger partial charge >= 0.3 is 0 Å². The number of hydrogen-bond acceptors (Lipinski definition) is 4. The topological polar surface area (TPSA) is 61.6 Å². The van der Waals surface area contributed by atoms with Crippen molar-refractivity contribution in [2.24, 2.45) is 11.7 Å². The Morgan fingerprint density at radius 3 is 2.93 bits per heavy atom. The Labute approximate surface area is 90.9 Å². The first-order chi connectivity index (χ1) is 7.04. The van der Waals surface area contributed by atoms with E-state index in [2.05, 4.69) is 24.1 Å². The number of rotatable bonds is 4. The Balaban J connectivity index is 2.70. The summed E-state index contributed by atoms with van der Waals surface area (Å²) in [4.78, 5) is 14.6. The van der Waals surface area contributed by atoms with Crippen LogP contribution in [-0.2, 0) is 4.79 Å². The second-order valence-electron chi connectivity index (χ2n) is 4.36. The van der Waals surface area contributed by atoms with E-state index in [4.69, 9.17) is 5.73 Å². The molecule has 0 spiro atoms. The van der Waals surface area contributed by atoms with Crippen molar-refractivity contribution < 1.29 is 4.79 Å². The minimum atomic E-state index is -0.214. The lowest BCUT2D eigenvalue weighted by Crippen LogP contribution is -2.54. The lowest BCUT2D eigenvalue weighted by Gasteiger charge is -2.38. The Bertz CT molecular complexity index is 252. The third kappa shape index (κ3) is 3.21. The van der Waals surface area contributed by atoms with Crippen LogP contribution in [0.1, 0.15) is 13.8 Å². The standard InChI is InChI=1S/C10H20N4O/c1-8(2)4-14-7-13(3)5-9(10(14)11)12-6-15/h5-6,8,10H,4,7,11H2,1-3H3,(H,12,15)/t10-/m0/s1. The third-order valence-electron chi connectivity index (χ3n) is 2.30. The van der Waals surface area contributed by atoms with Gasteiger partial charge in [-0.3, -0.25) is 9.69 Å². The summed E-state index contributed by atoms with van der Waals surface area (Å²) in [6.07, 6.45) is 2.32. The summed E-state index contributed by atoms with van der Waals surface area (Å²) in [5, 5.41) is 2.64. The molecule has 1 aliphatic rings. The van der Waals surface area contributed by atoms with Crippen LogP contribution in [0.4, 0.5) is 0 Å². The van der Waals surface area contributed by atoms with Crippen molar-refractivity contribution in [2.45, 2.75) is 20.0 Å². The summed E-state index contributed by atoms with van der Waals surface area (Å²) in [7, 11) is 1.96. The SMILES string of the molecule is CC(C)CN1CN(C)C=C(NC=O)[C@H]1N. The number of carbonyl (C=O) groups excluding carboxylic acids is 1. The minimum absolute atomic E-state index is 0.214. The van der Waals surface area contributed by atoms with Gasteiger partial charge in [-0.05, 0) is 5.92 Å². The van der Waals surface area contributed by atoms with E-state index in [0.29, 0.717) is 12.3 Å². The van der Waals surface area contributed by atoms with Gasteiger partial charge in [0, 0.05) is 19.8 Å². The number of amides is 1. The average molecular weight is 212 g/mol. The zero-order valence-electron chi connectivity index (χ0n) is 9.60. The van der Waals surface area contributed by atoms with Crippen LogP contribution in [0, 0.1) is 5.92 Å². The average Bonchev–Trinajstić information content (AvgIpc) is 2.12. The Kier molecular flexibility index (Phi) is 4.11. The van der Waals surface area contributed by atoms with Crippen LogP contribution in [0.25, 0.3) is 0 Å². The van der Waals surface area contributed by atoms with Gasteiger partial charge in [0.25, 0.3) is 0 Å². The van der Waals surface area contributed by atoms with Crippen LogP contribution in [0.15, 0.2) is 11.9 Å². The highest BCUT2D eigenvalue weighted by molar-refractivity contribution is 5.50. The highest BCUT2D eigenvalue weighted by Gasteiger charge is 2.24. The number of carbonyl (C=O) groups is 1. The molecule has 0 fully saturated rings. The van der Waals surface area contributed by atoms with Crippen molar-refractivity contribution >= 4 is 6.41 Å². The molecule has 0 unspecified atom stereocenters. The molecule has 5 heteroatoms. The smallest absolute Gasteiger partial charge is 0.211 e. The van der Waals surface area contributed by atoms with Crippen molar-refractivity contribution in [1.82, 2.24) is 15.1 Å². The van der Waals surface area contributed by atoms with E-state index in [-0.39, 0.29) is 6.17 Å². The molecule has 0 saturated carbocycles. The van der Waals surface area contributed by atoms with Crippen molar-refractivity contribution in [1.29, 1.82) is 0 Å². The fourth-order valence-corrected chi connectivity index (χ4v) is 1.76. The molecule has 0 aliphatic carbocycles. The monoisotopic (exact) mass is 212 g/mol. The molecule has 0 aromatic carbocycles. The fourth-order valence-electron chi connectivity index (χ4n) is 1.76. The molecule has 1 atom stereocenters. The van der Waals surface area contributed by atoms with Gasteiger partial charge < -0.3 is 16.0 Å². The second-order valence-corrected chi connectivity index (χ2v) is 4.36. The van der Waals surface area contributed by atoms with Crippen molar-refractivity contribution in [3.63, 3.8) is 0 Å². The molecular formula is C10H20N4O. The number of nitrogens with two attached hydrogens (primary N) is 1. The molecule has 86 valence electrons. The third-order valence-corrected chi connectivity index (χ3v) is 2.30. The number of hydrogen-bond donors (Lipinski definition) is 2. The number of nitrogens with one attached hydrogen (secondary N) is 1. The largest absolute Gasteiger partial charge is 0.366 e. The zero-order valence-corrected chi connectivity index (χ0v) is 9.60. The van der Waals surface area contributed by atoms with Crippen molar-refractivity contribution in [2.75, 3.05) is 20.3 Å². The minimum Gasteiger partial charge on any atom is -0.366 e. The van der Waals surface area contributed by atoms with E-state index < -0.39 is 0 Å². The van der Waals surface area contributed by atoms with E-state index in [1.165, 1.54) is 0 Å². The Morgan fingerprint density at radius 2 is 2.40 bits per heavy atom. The molecule has 15 heavy (non-hydrogen) atoms. The molecule has 1 heterocycles. The molecule has 1 aliphatic heterocycles. The van der Waals surface area contributed by atoms with Crippen molar-refractivity contribution in [3.8, 4) is 0 Å². The quantitative estimate of drug-likeness (QED) is 0.629. The highest BCUT2D eigenvalue weighted by atomic mass is 16.1. The Morgan fingerprint density at radius 1 is 1.73 bits per heavy atom. The van der Waals surface area contributed by atoms with E-state index in [9.17, 15) is 4.79 Å². The van der Waals surface area contributed by atoms with Gasteiger partial charge in [-0.2, -0.15) is 0 Å². The summed E-state index contributed by atoms with van der Waals surface area (Å²) < 4.78 is 0. The first kappa shape index (κ1) is 12.0. The zero-order chi connectivity index (χ0) is 11.4. The molecular weight excluding hydrogens is 192 g/mol. The van der Waals surface area contributed by atoms with Crippen LogP contribution >= 0.6 is 0 Å². The summed E-state index contributed by atoms with van der Waals surface area (Å²) in [5.41, 5.74) is 6.78. The van der Waals surface area contributed by atoms with E-state index in [0.717, 1.165) is 18.9 Å². The normalized spacial score (nSPS) is 22.9.